The van der Waals surface area contributed by atoms with Crippen molar-refractivity contribution >= 4 is 11.6 Å². The number of aromatic nitrogens is 1. The number of pyridine rings is 1. The van der Waals surface area contributed by atoms with E-state index in [2.05, 4.69) is 29.4 Å². The molecule has 0 spiro atoms. The second-order valence-corrected chi connectivity index (χ2v) is 5.17. The second-order valence-electron chi connectivity index (χ2n) is 4.76. The molecule has 1 aromatic heterocycles. The molecule has 0 saturated carbocycles. The maximum atomic E-state index is 6.20. The minimum absolute atomic E-state index is 0.143. The number of nitrogens with one attached hydrogen (secondary N) is 1. The number of benzene rings is 1. The number of rotatable bonds is 5. The normalized spacial score (nSPS) is 12.2. The summed E-state index contributed by atoms with van der Waals surface area (Å²) in [6, 6.07) is 8.30. The van der Waals surface area contributed by atoms with E-state index in [1.54, 1.807) is 19.5 Å². The van der Waals surface area contributed by atoms with Crippen LogP contribution in [0.1, 0.15) is 22.7 Å². The summed E-state index contributed by atoms with van der Waals surface area (Å²) >= 11 is 6.20. The van der Waals surface area contributed by atoms with Crippen molar-refractivity contribution in [3.63, 3.8) is 0 Å². The molecule has 0 saturated heterocycles. The van der Waals surface area contributed by atoms with Crippen molar-refractivity contribution in [3.05, 3.63) is 58.4 Å². The Bertz CT molecular complexity index is 586. The zero-order chi connectivity index (χ0) is 14.5. The molecule has 2 rings (SSSR count). The Kier molecular flexibility index (Phi) is 4.99. The number of hydrogen-bond acceptors (Lipinski definition) is 3. The SMILES string of the molecule is CNC(Cc1ccncc1Cl)c1cc(C)ccc1OC. The van der Waals surface area contributed by atoms with Gasteiger partial charge in [0.15, 0.2) is 0 Å². The Morgan fingerprint density at radius 3 is 2.80 bits per heavy atom. The molecule has 1 unspecified atom stereocenters. The Balaban J connectivity index is 2.33. The highest BCUT2D eigenvalue weighted by atomic mass is 35.5. The summed E-state index contributed by atoms with van der Waals surface area (Å²) in [4.78, 5) is 4.02. The first-order valence-electron chi connectivity index (χ1n) is 6.56. The fourth-order valence-electron chi connectivity index (χ4n) is 2.28. The monoisotopic (exact) mass is 290 g/mol. The van der Waals surface area contributed by atoms with Gasteiger partial charge in [-0.25, -0.2) is 0 Å². The van der Waals surface area contributed by atoms with Crippen LogP contribution >= 0.6 is 11.6 Å². The van der Waals surface area contributed by atoms with Crippen molar-refractivity contribution in [3.8, 4) is 5.75 Å². The highest BCUT2D eigenvalue weighted by molar-refractivity contribution is 6.31. The molecular formula is C16H19ClN2O. The first kappa shape index (κ1) is 14.8. The Hall–Kier alpha value is -1.58. The summed E-state index contributed by atoms with van der Waals surface area (Å²) in [6.45, 7) is 2.08. The Morgan fingerprint density at radius 2 is 2.15 bits per heavy atom. The molecule has 1 atom stereocenters. The van der Waals surface area contributed by atoms with Crippen molar-refractivity contribution < 1.29 is 4.74 Å². The van der Waals surface area contributed by atoms with Gasteiger partial charge in [-0.2, -0.15) is 0 Å². The predicted molar refractivity (Wildman–Crippen MR) is 82.5 cm³/mol. The lowest BCUT2D eigenvalue weighted by atomic mass is 9.97. The average Bonchev–Trinajstić information content (AvgIpc) is 2.46. The molecule has 1 aromatic carbocycles. The van der Waals surface area contributed by atoms with Gasteiger partial charge in [0, 0.05) is 24.0 Å². The number of aryl methyl sites for hydroxylation is 1. The summed E-state index contributed by atoms with van der Waals surface area (Å²) in [5.41, 5.74) is 3.43. The van der Waals surface area contributed by atoms with Crippen LogP contribution in [0.15, 0.2) is 36.7 Å². The van der Waals surface area contributed by atoms with Crippen LogP contribution in [0.25, 0.3) is 0 Å². The number of ether oxygens (including phenoxy) is 1. The fourth-order valence-corrected chi connectivity index (χ4v) is 2.48. The third-order valence-electron chi connectivity index (χ3n) is 3.39. The van der Waals surface area contributed by atoms with Crippen LogP contribution in [-0.2, 0) is 6.42 Å². The quantitative estimate of drug-likeness (QED) is 0.914. The molecule has 0 bridgehead atoms. The number of nitrogens with zero attached hydrogens (tertiary/aromatic N) is 1. The van der Waals surface area contributed by atoms with Crippen molar-refractivity contribution in [2.45, 2.75) is 19.4 Å². The lowest BCUT2D eigenvalue weighted by molar-refractivity contribution is 0.401. The first-order chi connectivity index (χ1) is 9.65. The van der Waals surface area contributed by atoms with E-state index in [-0.39, 0.29) is 6.04 Å². The van der Waals surface area contributed by atoms with E-state index < -0.39 is 0 Å². The largest absolute Gasteiger partial charge is 0.496 e. The van der Waals surface area contributed by atoms with Gasteiger partial charge in [0.05, 0.1) is 12.1 Å². The summed E-state index contributed by atoms with van der Waals surface area (Å²) in [6.07, 6.45) is 4.23. The molecule has 3 nitrogen and oxygen atoms in total. The minimum atomic E-state index is 0.143. The Labute approximate surface area is 124 Å². The van der Waals surface area contributed by atoms with Crippen LogP contribution in [0, 0.1) is 6.92 Å². The molecule has 1 heterocycles. The molecule has 0 aliphatic rings. The fraction of sp³-hybridized carbons (Fsp3) is 0.312. The molecule has 0 fully saturated rings. The molecule has 20 heavy (non-hydrogen) atoms. The number of methoxy groups -OCH3 is 1. The van der Waals surface area contributed by atoms with Crippen LogP contribution in [0.5, 0.6) is 5.75 Å². The predicted octanol–water partition coefficient (Wildman–Crippen LogP) is 3.56. The molecule has 0 aliphatic heterocycles. The maximum absolute atomic E-state index is 6.20. The van der Waals surface area contributed by atoms with Gasteiger partial charge < -0.3 is 10.1 Å². The van der Waals surface area contributed by atoms with Gasteiger partial charge in [-0.3, -0.25) is 4.98 Å². The van der Waals surface area contributed by atoms with E-state index in [4.69, 9.17) is 16.3 Å². The molecule has 106 valence electrons. The van der Waals surface area contributed by atoms with Crippen LogP contribution in [0.4, 0.5) is 0 Å². The van der Waals surface area contributed by atoms with Crippen LogP contribution in [0.3, 0.4) is 0 Å². The van der Waals surface area contributed by atoms with Gasteiger partial charge in [-0.05, 0) is 38.1 Å². The van der Waals surface area contributed by atoms with Gasteiger partial charge in [-0.1, -0.05) is 29.3 Å². The van der Waals surface area contributed by atoms with Crippen LogP contribution in [0.2, 0.25) is 5.02 Å². The van der Waals surface area contributed by atoms with E-state index >= 15 is 0 Å². The van der Waals surface area contributed by atoms with E-state index in [0.29, 0.717) is 5.02 Å². The van der Waals surface area contributed by atoms with E-state index in [1.165, 1.54) is 5.56 Å². The standard InChI is InChI=1S/C16H19ClN2O/c1-11-4-5-16(20-3)13(8-11)15(18-2)9-12-6-7-19-10-14(12)17/h4-8,10,15,18H,9H2,1-3H3. The average molecular weight is 291 g/mol. The van der Waals surface area contributed by atoms with E-state index in [0.717, 1.165) is 23.3 Å². The smallest absolute Gasteiger partial charge is 0.123 e. The van der Waals surface area contributed by atoms with Gasteiger partial charge >= 0.3 is 0 Å². The zero-order valence-corrected chi connectivity index (χ0v) is 12.7. The summed E-state index contributed by atoms with van der Waals surface area (Å²) in [5.74, 6) is 0.889. The zero-order valence-electron chi connectivity index (χ0n) is 12.0. The molecular weight excluding hydrogens is 272 g/mol. The van der Waals surface area contributed by atoms with Crippen LogP contribution < -0.4 is 10.1 Å². The molecule has 1 N–H and O–H groups in total. The van der Waals surface area contributed by atoms with Gasteiger partial charge in [-0.15, -0.1) is 0 Å². The number of halogens is 1. The summed E-state index contributed by atoms with van der Waals surface area (Å²) in [7, 11) is 3.64. The van der Waals surface area contributed by atoms with E-state index in [9.17, 15) is 0 Å². The highest BCUT2D eigenvalue weighted by Crippen LogP contribution is 2.30. The number of likely N-dealkylation sites (N-methyl/N-ethyl adjacent to an activating group) is 1. The third-order valence-corrected chi connectivity index (χ3v) is 3.73. The van der Waals surface area contributed by atoms with E-state index in [1.807, 2.05) is 19.2 Å². The molecule has 0 radical (unpaired) electrons. The third kappa shape index (κ3) is 3.30. The minimum Gasteiger partial charge on any atom is -0.496 e. The molecule has 4 heteroatoms. The summed E-state index contributed by atoms with van der Waals surface area (Å²) < 4.78 is 5.47. The molecule has 0 amide bonds. The number of hydrogen-bond donors (Lipinski definition) is 1. The molecule has 0 aliphatic carbocycles. The lowest BCUT2D eigenvalue weighted by Gasteiger charge is -2.20. The van der Waals surface area contributed by atoms with Crippen molar-refractivity contribution in [2.75, 3.05) is 14.2 Å². The second kappa shape index (κ2) is 6.73. The van der Waals surface area contributed by atoms with Crippen LogP contribution in [-0.4, -0.2) is 19.1 Å². The highest BCUT2D eigenvalue weighted by Gasteiger charge is 2.16. The summed E-state index contributed by atoms with van der Waals surface area (Å²) in [5, 5.41) is 4.03. The molecule has 2 aromatic rings. The van der Waals surface area contributed by atoms with Crippen molar-refractivity contribution in [2.24, 2.45) is 0 Å². The van der Waals surface area contributed by atoms with Crippen molar-refractivity contribution in [1.82, 2.24) is 10.3 Å². The van der Waals surface area contributed by atoms with Crippen molar-refractivity contribution in [1.29, 1.82) is 0 Å². The maximum Gasteiger partial charge on any atom is 0.123 e. The van der Waals surface area contributed by atoms with Gasteiger partial charge in [0.1, 0.15) is 5.75 Å². The lowest BCUT2D eigenvalue weighted by Crippen LogP contribution is -2.20. The first-order valence-corrected chi connectivity index (χ1v) is 6.93. The van der Waals surface area contributed by atoms with Gasteiger partial charge in [0.25, 0.3) is 0 Å². The van der Waals surface area contributed by atoms with Gasteiger partial charge in [0.2, 0.25) is 0 Å². The topological polar surface area (TPSA) is 34.2 Å². The Morgan fingerprint density at radius 1 is 1.35 bits per heavy atom.